The maximum atomic E-state index is 5.18. The van der Waals surface area contributed by atoms with Crippen LogP contribution in [0.3, 0.4) is 0 Å². The molecule has 0 aliphatic rings. The van der Waals surface area contributed by atoms with Gasteiger partial charge in [-0.3, -0.25) is 0 Å². The summed E-state index contributed by atoms with van der Waals surface area (Å²) in [4.78, 5) is 8.02. The van der Waals surface area contributed by atoms with Crippen LogP contribution in [-0.2, 0) is 0 Å². The third-order valence-corrected chi connectivity index (χ3v) is 1.27. The normalized spacial score (nSPS) is 8.92. The Morgan fingerprint density at radius 3 is 3.23 bits per heavy atom. The van der Waals surface area contributed by atoms with Crippen LogP contribution in [-0.4, -0.2) is 23.1 Å². The summed E-state index contributed by atoms with van der Waals surface area (Å²) in [5, 5.41) is 2.85. The van der Waals surface area contributed by atoms with E-state index in [1.165, 1.54) is 0 Å². The highest BCUT2D eigenvalue weighted by molar-refractivity contribution is 5.28. The third-order valence-electron chi connectivity index (χ3n) is 1.27. The number of hydrogen-bond donors (Lipinski definition) is 1. The highest BCUT2D eigenvalue weighted by Crippen LogP contribution is 2.07. The molecule has 0 saturated carbocycles. The van der Waals surface area contributed by atoms with Gasteiger partial charge in [0.15, 0.2) is 0 Å². The Kier molecular flexibility index (Phi) is 3.58. The second-order valence-corrected chi connectivity index (χ2v) is 2.21. The predicted molar refractivity (Wildman–Crippen MR) is 50.5 cm³/mol. The van der Waals surface area contributed by atoms with Gasteiger partial charge in [-0.05, 0) is 6.92 Å². The lowest BCUT2D eigenvalue weighted by Crippen LogP contribution is -2.04. The number of rotatable bonds is 4. The minimum Gasteiger partial charge on any atom is -0.478 e. The summed E-state index contributed by atoms with van der Waals surface area (Å²) in [6, 6.07) is 1.70. The number of nitrogens with one attached hydrogen (secondary N) is 1. The SMILES string of the molecule is C#CCNc1nccc(OCC)n1. The zero-order valence-corrected chi connectivity index (χ0v) is 7.45. The van der Waals surface area contributed by atoms with Crippen LogP contribution in [0.15, 0.2) is 12.3 Å². The predicted octanol–water partition coefficient (Wildman–Crippen LogP) is 0.920. The van der Waals surface area contributed by atoms with Gasteiger partial charge in [0.1, 0.15) is 0 Å². The van der Waals surface area contributed by atoms with Crippen LogP contribution < -0.4 is 10.1 Å². The molecule has 0 amide bonds. The van der Waals surface area contributed by atoms with Crippen LogP contribution in [0.2, 0.25) is 0 Å². The van der Waals surface area contributed by atoms with Crippen molar-refractivity contribution >= 4 is 5.95 Å². The van der Waals surface area contributed by atoms with Crippen LogP contribution >= 0.6 is 0 Å². The van der Waals surface area contributed by atoms with E-state index in [2.05, 4.69) is 21.2 Å². The van der Waals surface area contributed by atoms with E-state index in [0.717, 1.165) is 0 Å². The first kappa shape index (κ1) is 9.33. The molecule has 0 aliphatic heterocycles. The van der Waals surface area contributed by atoms with E-state index >= 15 is 0 Å². The van der Waals surface area contributed by atoms with E-state index in [9.17, 15) is 0 Å². The highest BCUT2D eigenvalue weighted by Gasteiger charge is 1.96. The average Bonchev–Trinajstić information content (AvgIpc) is 2.16. The summed E-state index contributed by atoms with van der Waals surface area (Å²) in [6.07, 6.45) is 6.70. The van der Waals surface area contributed by atoms with E-state index in [1.54, 1.807) is 12.3 Å². The van der Waals surface area contributed by atoms with Gasteiger partial charge in [0, 0.05) is 12.3 Å². The van der Waals surface area contributed by atoms with Crippen molar-refractivity contribution in [3.05, 3.63) is 12.3 Å². The fourth-order valence-electron chi connectivity index (χ4n) is 0.786. The molecule has 13 heavy (non-hydrogen) atoms. The molecule has 0 aliphatic carbocycles. The van der Waals surface area contributed by atoms with E-state index in [0.29, 0.717) is 25.0 Å². The van der Waals surface area contributed by atoms with Crippen molar-refractivity contribution in [3.8, 4) is 18.2 Å². The Labute approximate surface area is 77.4 Å². The minimum absolute atomic E-state index is 0.412. The molecule has 0 spiro atoms. The zero-order valence-electron chi connectivity index (χ0n) is 7.45. The fourth-order valence-corrected chi connectivity index (χ4v) is 0.786. The van der Waals surface area contributed by atoms with Gasteiger partial charge in [0.05, 0.1) is 13.2 Å². The number of ether oxygens (including phenoxy) is 1. The maximum absolute atomic E-state index is 5.18. The third kappa shape index (κ3) is 2.99. The smallest absolute Gasteiger partial charge is 0.226 e. The minimum atomic E-state index is 0.412. The lowest BCUT2D eigenvalue weighted by molar-refractivity contribution is 0.326. The van der Waals surface area contributed by atoms with E-state index in [4.69, 9.17) is 11.2 Å². The molecule has 0 unspecified atom stereocenters. The first-order valence-corrected chi connectivity index (χ1v) is 4.00. The van der Waals surface area contributed by atoms with Crippen molar-refractivity contribution < 1.29 is 4.74 Å². The molecule has 1 rings (SSSR count). The number of anilines is 1. The molecule has 1 heterocycles. The molecule has 0 saturated heterocycles. The molecule has 1 N–H and O–H groups in total. The van der Waals surface area contributed by atoms with E-state index < -0.39 is 0 Å². The van der Waals surface area contributed by atoms with Gasteiger partial charge >= 0.3 is 0 Å². The molecule has 0 bridgehead atoms. The molecule has 4 nitrogen and oxygen atoms in total. The standard InChI is InChI=1S/C9H11N3O/c1-3-6-10-9-11-7-5-8(12-9)13-4-2/h1,5,7H,4,6H2,2H3,(H,10,11,12). The lowest BCUT2D eigenvalue weighted by atomic mass is 10.6. The number of aromatic nitrogens is 2. The van der Waals surface area contributed by atoms with E-state index in [1.807, 2.05) is 6.92 Å². The van der Waals surface area contributed by atoms with E-state index in [-0.39, 0.29) is 0 Å². The second kappa shape index (κ2) is 4.99. The van der Waals surface area contributed by atoms with Gasteiger partial charge < -0.3 is 10.1 Å². The number of hydrogen-bond acceptors (Lipinski definition) is 4. The van der Waals surface area contributed by atoms with Crippen molar-refractivity contribution in [2.24, 2.45) is 0 Å². The van der Waals surface area contributed by atoms with Gasteiger partial charge in [-0.25, -0.2) is 4.98 Å². The largest absolute Gasteiger partial charge is 0.478 e. The first-order valence-electron chi connectivity index (χ1n) is 4.00. The highest BCUT2D eigenvalue weighted by atomic mass is 16.5. The van der Waals surface area contributed by atoms with Crippen LogP contribution in [0.4, 0.5) is 5.95 Å². The van der Waals surface area contributed by atoms with Crippen LogP contribution in [0.5, 0.6) is 5.88 Å². The molecule has 0 fully saturated rings. The maximum Gasteiger partial charge on any atom is 0.226 e. The Morgan fingerprint density at radius 1 is 1.69 bits per heavy atom. The molecule has 4 heteroatoms. The molecule has 0 aromatic carbocycles. The van der Waals surface area contributed by atoms with Gasteiger partial charge in [-0.15, -0.1) is 6.42 Å². The fraction of sp³-hybridized carbons (Fsp3) is 0.333. The summed E-state index contributed by atoms with van der Waals surface area (Å²) in [6.45, 7) is 2.90. The Bertz CT molecular complexity index is 306. The zero-order chi connectivity index (χ0) is 9.52. The van der Waals surface area contributed by atoms with Crippen molar-refractivity contribution in [1.29, 1.82) is 0 Å². The van der Waals surface area contributed by atoms with Gasteiger partial charge in [0.2, 0.25) is 11.8 Å². The molecular weight excluding hydrogens is 166 g/mol. The van der Waals surface area contributed by atoms with Gasteiger partial charge in [-0.1, -0.05) is 5.92 Å². The van der Waals surface area contributed by atoms with Crippen LogP contribution in [0, 0.1) is 12.3 Å². The summed E-state index contributed by atoms with van der Waals surface area (Å²) in [5.74, 6) is 3.48. The molecule has 1 aromatic rings. The van der Waals surface area contributed by atoms with Crippen molar-refractivity contribution in [1.82, 2.24) is 9.97 Å². The van der Waals surface area contributed by atoms with Gasteiger partial charge in [-0.2, -0.15) is 4.98 Å². The summed E-state index contributed by atoms with van der Waals surface area (Å²) in [5.41, 5.74) is 0. The summed E-state index contributed by atoms with van der Waals surface area (Å²) < 4.78 is 5.18. The lowest BCUT2D eigenvalue weighted by Gasteiger charge is -2.03. The van der Waals surface area contributed by atoms with Gasteiger partial charge in [0.25, 0.3) is 0 Å². The quantitative estimate of drug-likeness (QED) is 0.695. The Balaban J connectivity index is 2.63. The van der Waals surface area contributed by atoms with Crippen LogP contribution in [0.1, 0.15) is 6.92 Å². The topological polar surface area (TPSA) is 47.0 Å². The summed E-state index contributed by atoms with van der Waals surface area (Å²) >= 11 is 0. The summed E-state index contributed by atoms with van der Waals surface area (Å²) in [7, 11) is 0. The monoisotopic (exact) mass is 177 g/mol. The second-order valence-electron chi connectivity index (χ2n) is 2.21. The molecule has 1 aromatic heterocycles. The Morgan fingerprint density at radius 2 is 2.54 bits per heavy atom. The molecule has 0 radical (unpaired) electrons. The Hall–Kier alpha value is -1.76. The molecule has 68 valence electrons. The first-order chi connectivity index (χ1) is 6.36. The number of terminal acetylenes is 1. The van der Waals surface area contributed by atoms with Crippen molar-refractivity contribution in [2.45, 2.75) is 6.92 Å². The van der Waals surface area contributed by atoms with Crippen molar-refractivity contribution in [2.75, 3.05) is 18.5 Å². The van der Waals surface area contributed by atoms with Crippen LogP contribution in [0.25, 0.3) is 0 Å². The molecular formula is C9H11N3O. The number of nitrogens with zero attached hydrogens (tertiary/aromatic N) is 2. The average molecular weight is 177 g/mol. The van der Waals surface area contributed by atoms with Crippen molar-refractivity contribution in [3.63, 3.8) is 0 Å². The molecule has 0 atom stereocenters.